The van der Waals surface area contributed by atoms with Crippen LogP contribution in [0.4, 0.5) is 0 Å². The molecule has 106 valence electrons. The van der Waals surface area contributed by atoms with Crippen molar-refractivity contribution in [2.75, 3.05) is 0 Å². The van der Waals surface area contributed by atoms with Gasteiger partial charge in [0.15, 0.2) is 5.78 Å². The number of aromatic nitrogens is 1. The summed E-state index contributed by atoms with van der Waals surface area (Å²) in [7, 11) is -4.41. The van der Waals surface area contributed by atoms with Gasteiger partial charge in [-0.15, -0.1) is 0 Å². The molecule has 7 nitrogen and oxygen atoms in total. The number of hydrogen-bond donors (Lipinski definition) is 2. The van der Waals surface area contributed by atoms with Gasteiger partial charge >= 0.3 is 0 Å². The van der Waals surface area contributed by atoms with Crippen LogP contribution < -0.4 is 5.56 Å². The van der Waals surface area contributed by atoms with Crippen LogP contribution in [0.25, 0.3) is 0 Å². The van der Waals surface area contributed by atoms with Crippen LogP contribution in [0, 0.1) is 6.92 Å². The van der Waals surface area contributed by atoms with Crippen LogP contribution in [-0.2, 0) is 22.4 Å². The van der Waals surface area contributed by atoms with E-state index in [1.807, 2.05) is 0 Å². The Morgan fingerprint density at radius 1 is 1.37 bits per heavy atom. The molecule has 0 aliphatic carbocycles. The molecule has 1 heterocycles. The fraction of sp³-hybridized carbons (Fsp3) is 0.455. The summed E-state index contributed by atoms with van der Waals surface area (Å²) in [5.41, 5.74) is -0.995. The lowest BCUT2D eigenvalue weighted by Crippen LogP contribution is -2.28. The van der Waals surface area contributed by atoms with Crippen LogP contribution in [0.1, 0.15) is 35.3 Å². The third-order valence-corrected chi connectivity index (χ3v) is 3.46. The number of ketones is 1. The van der Waals surface area contributed by atoms with Gasteiger partial charge in [0.1, 0.15) is 5.75 Å². The number of aromatic hydroxyl groups is 1. The number of carbonyl (C=O) groups excluding carboxylic acids is 1. The van der Waals surface area contributed by atoms with Gasteiger partial charge in [-0.05, 0) is 26.3 Å². The zero-order valence-corrected chi connectivity index (χ0v) is 11.6. The highest BCUT2D eigenvalue weighted by atomic mass is 32.2. The molecule has 0 atom stereocenters. The average Bonchev–Trinajstić information content (AvgIpc) is 2.23. The van der Waals surface area contributed by atoms with Crippen molar-refractivity contribution in [1.82, 2.24) is 4.57 Å². The summed E-state index contributed by atoms with van der Waals surface area (Å²) < 4.78 is 31.6. The Morgan fingerprint density at radius 2 is 1.89 bits per heavy atom. The number of hydrogen-bond acceptors (Lipinski definition) is 5. The zero-order valence-electron chi connectivity index (χ0n) is 10.8. The third-order valence-electron chi connectivity index (χ3n) is 2.81. The van der Waals surface area contributed by atoms with Crippen LogP contribution >= 0.6 is 0 Å². The second kappa shape index (κ2) is 5.14. The molecule has 2 N–H and O–H groups in total. The Kier molecular flexibility index (Phi) is 4.16. The van der Waals surface area contributed by atoms with Crippen LogP contribution in [0.3, 0.4) is 0 Å². The minimum Gasteiger partial charge on any atom is -0.494 e. The fourth-order valence-electron chi connectivity index (χ4n) is 1.94. The highest BCUT2D eigenvalue weighted by molar-refractivity contribution is 7.85. The summed E-state index contributed by atoms with van der Waals surface area (Å²) in [4.78, 5) is 23.5. The van der Waals surface area contributed by atoms with Crippen LogP contribution in [0.2, 0.25) is 0 Å². The van der Waals surface area contributed by atoms with Crippen LogP contribution in [-0.4, -0.2) is 28.4 Å². The predicted molar refractivity (Wildman–Crippen MR) is 68.0 cm³/mol. The van der Waals surface area contributed by atoms with Crippen molar-refractivity contribution in [3.63, 3.8) is 0 Å². The Labute approximate surface area is 110 Å². The molecule has 0 aliphatic heterocycles. The molecule has 0 amide bonds. The van der Waals surface area contributed by atoms with Crippen molar-refractivity contribution in [2.24, 2.45) is 0 Å². The zero-order chi connectivity index (χ0) is 15.0. The largest absolute Gasteiger partial charge is 0.494 e. The van der Waals surface area contributed by atoms with E-state index in [0.29, 0.717) is 0 Å². The molecule has 0 aromatic carbocycles. The summed E-state index contributed by atoms with van der Waals surface area (Å²) in [6.07, 6.45) is 0. The van der Waals surface area contributed by atoms with Gasteiger partial charge in [0.2, 0.25) is 5.88 Å². The molecule has 1 aromatic rings. The van der Waals surface area contributed by atoms with E-state index in [1.54, 1.807) is 6.92 Å². The molecule has 0 radical (unpaired) electrons. The summed E-state index contributed by atoms with van der Waals surface area (Å²) >= 11 is 0. The van der Waals surface area contributed by atoms with Crippen molar-refractivity contribution < 1.29 is 22.9 Å². The summed E-state index contributed by atoms with van der Waals surface area (Å²) in [6, 6.07) is 0. The molecule has 0 bridgehead atoms. The first kappa shape index (κ1) is 15.4. The van der Waals surface area contributed by atoms with Crippen molar-refractivity contribution in [1.29, 1.82) is 0 Å². The Balaban J connectivity index is 3.78. The number of Topliss-reactive ketones (excluding diaryl/α,β-unsaturated/α-hetero) is 1. The lowest BCUT2D eigenvalue weighted by atomic mass is 10.0. The van der Waals surface area contributed by atoms with E-state index in [2.05, 4.69) is 0 Å². The number of carbonyl (C=O) groups is 1. The first-order valence-corrected chi connectivity index (χ1v) is 7.12. The van der Waals surface area contributed by atoms with Crippen LogP contribution in [0.15, 0.2) is 4.79 Å². The van der Waals surface area contributed by atoms with E-state index < -0.39 is 33.1 Å². The van der Waals surface area contributed by atoms with Gasteiger partial charge < -0.3 is 5.11 Å². The highest BCUT2D eigenvalue weighted by Crippen LogP contribution is 2.23. The molecule has 0 unspecified atom stereocenters. The van der Waals surface area contributed by atoms with Crippen molar-refractivity contribution in [3.05, 3.63) is 27.0 Å². The summed E-state index contributed by atoms with van der Waals surface area (Å²) in [5.74, 6) is -1.87. The molecule has 0 aliphatic rings. The lowest BCUT2D eigenvalue weighted by Gasteiger charge is -2.15. The van der Waals surface area contributed by atoms with E-state index in [9.17, 15) is 23.1 Å². The van der Waals surface area contributed by atoms with E-state index in [1.165, 1.54) is 13.8 Å². The minimum atomic E-state index is -4.41. The maximum atomic E-state index is 12.0. The quantitative estimate of drug-likeness (QED) is 0.615. The molecule has 0 fully saturated rings. The molecule has 19 heavy (non-hydrogen) atoms. The molecular weight excluding hydrogens is 274 g/mol. The molecule has 1 rings (SSSR count). The van der Waals surface area contributed by atoms with Crippen molar-refractivity contribution >= 4 is 15.9 Å². The molecule has 1 aromatic heterocycles. The van der Waals surface area contributed by atoms with E-state index in [0.717, 1.165) is 4.57 Å². The standard InChI is InChI=1S/C11H15NO6S/c1-4-12-10(14)8(5-19(16,17)18)6(2)9(7(3)13)11(12)15/h15H,4-5H2,1-3H3,(H,16,17,18). The monoisotopic (exact) mass is 289 g/mol. The smallest absolute Gasteiger partial charge is 0.269 e. The average molecular weight is 289 g/mol. The van der Waals surface area contributed by atoms with Gasteiger partial charge in [0.25, 0.3) is 15.7 Å². The van der Waals surface area contributed by atoms with Crippen molar-refractivity contribution in [3.8, 4) is 5.88 Å². The second-order valence-corrected chi connectivity index (χ2v) is 5.59. The summed E-state index contributed by atoms with van der Waals surface area (Å²) in [6.45, 7) is 4.20. The Morgan fingerprint density at radius 3 is 2.26 bits per heavy atom. The van der Waals surface area contributed by atoms with Gasteiger partial charge in [0.05, 0.1) is 5.56 Å². The molecule has 8 heteroatoms. The van der Waals surface area contributed by atoms with Gasteiger partial charge in [-0.25, -0.2) is 0 Å². The Hall–Kier alpha value is -1.67. The SMILES string of the molecule is CCn1c(O)c(C(C)=O)c(C)c(CS(=O)(=O)O)c1=O. The maximum absolute atomic E-state index is 12.0. The topological polar surface area (TPSA) is 114 Å². The number of nitrogens with zero attached hydrogens (tertiary/aromatic N) is 1. The molecular formula is C11H15NO6S. The number of rotatable bonds is 4. The molecule has 0 saturated heterocycles. The second-order valence-electron chi connectivity index (χ2n) is 4.13. The fourth-order valence-corrected chi connectivity index (χ4v) is 2.65. The maximum Gasteiger partial charge on any atom is 0.269 e. The first-order valence-electron chi connectivity index (χ1n) is 5.51. The van der Waals surface area contributed by atoms with Crippen molar-refractivity contribution in [2.45, 2.75) is 33.1 Å². The van der Waals surface area contributed by atoms with Gasteiger partial charge in [-0.2, -0.15) is 8.42 Å². The van der Waals surface area contributed by atoms with Gasteiger partial charge in [0, 0.05) is 12.1 Å². The van der Waals surface area contributed by atoms with E-state index >= 15 is 0 Å². The third kappa shape index (κ3) is 3.02. The van der Waals surface area contributed by atoms with Crippen LogP contribution in [0.5, 0.6) is 5.88 Å². The highest BCUT2D eigenvalue weighted by Gasteiger charge is 2.23. The molecule has 0 saturated carbocycles. The first-order chi connectivity index (χ1) is 8.60. The van der Waals surface area contributed by atoms with Gasteiger partial charge in [-0.1, -0.05) is 0 Å². The van der Waals surface area contributed by atoms with Gasteiger partial charge in [-0.3, -0.25) is 18.7 Å². The summed E-state index contributed by atoms with van der Waals surface area (Å²) in [5, 5.41) is 9.87. The normalized spacial score (nSPS) is 11.6. The van der Waals surface area contributed by atoms with E-state index in [-0.39, 0.29) is 23.2 Å². The Bertz CT molecular complexity index is 686. The van der Waals surface area contributed by atoms with E-state index in [4.69, 9.17) is 4.55 Å². The number of pyridine rings is 1. The molecule has 0 spiro atoms. The minimum absolute atomic E-state index is 0.0670. The predicted octanol–water partition coefficient (Wildman–Crippen LogP) is 0.473. The lowest BCUT2D eigenvalue weighted by molar-refractivity contribution is 0.101.